The molecule has 0 amide bonds. The fourth-order valence-corrected chi connectivity index (χ4v) is 6.01. The predicted octanol–water partition coefficient (Wildman–Crippen LogP) is 3.08. The standard InChI is InChI=1S/C24H31ClF2N7O7P/c1-12(2)39-20(36)13(3)33-42(37,41-14-8-6-5-7-9-14)38-10-15-17(35)24(25,21(26)27)22(40-15)34-11-30-16-18(29-4)31-23(28)32-19(16)34/h5-9,11-13,15,17,21-22,35H,10H2,1-4H3,(H,33,37)(H3,28,29,31,32)/t13?,15-,17-,22-,24+,42-/m1/s1. The Labute approximate surface area is 244 Å². The van der Waals surface area contributed by atoms with Gasteiger partial charge >= 0.3 is 13.7 Å². The highest BCUT2D eigenvalue weighted by Gasteiger charge is 2.62. The van der Waals surface area contributed by atoms with E-state index in [4.69, 9.17) is 35.9 Å². The molecular weight excluding hydrogens is 603 g/mol. The molecule has 0 saturated carbocycles. The van der Waals surface area contributed by atoms with Crippen molar-refractivity contribution in [2.75, 3.05) is 24.7 Å². The number of imidazole rings is 1. The normalized spacial score (nSPS) is 24.6. The van der Waals surface area contributed by atoms with Gasteiger partial charge in [0.2, 0.25) is 5.95 Å². The van der Waals surface area contributed by atoms with Crippen LogP contribution in [0, 0.1) is 0 Å². The summed E-state index contributed by atoms with van der Waals surface area (Å²) in [4.78, 5) is 21.9. The van der Waals surface area contributed by atoms with Crippen LogP contribution >= 0.6 is 19.3 Å². The highest BCUT2D eigenvalue weighted by molar-refractivity contribution is 7.52. The van der Waals surface area contributed by atoms with Crippen molar-refractivity contribution in [3.8, 4) is 5.75 Å². The number of aromatic nitrogens is 4. The maximum Gasteiger partial charge on any atom is 0.459 e. The SMILES string of the molecule is CNc1nc(N)nc2c1ncn2[C@@H]1O[C@H](CO[P@](=O)(NC(C)C(=O)OC(C)C)Oc2ccccc2)[C@@H](O)[C@]1(Cl)C(F)F. The highest BCUT2D eigenvalue weighted by atomic mass is 35.5. The molecule has 1 saturated heterocycles. The van der Waals surface area contributed by atoms with Crippen LogP contribution in [0.25, 0.3) is 11.2 Å². The van der Waals surface area contributed by atoms with E-state index in [9.17, 15) is 23.2 Å². The van der Waals surface area contributed by atoms with Gasteiger partial charge in [-0.1, -0.05) is 18.2 Å². The quantitative estimate of drug-likeness (QED) is 0.130. The average Bonchev–Trinajstić information content (AvgIpc) is 3.45. The van der Waals surface area contributed by atoms with Crippen molar-refractivity contribution in [3.63, 3.8) is 0 Å². The van der Waals surface area contributed by atoms with Crippen LogP contribution in [-0.4, -0.2) is 79.9 Å². The van der Waals surface area contributed by atoms with Crippen LogP contribution in [0.2, 0.25) is 0 Å². The Hall–Kier alpha value is -3.14. The van der Waals surface area contributed by atoms with Gasteiger partial charge in [-0.15, -0.1) is 11.6 Å². The van der Waals surface area contributed by atoms with Crippen molar-refractivity contribution < 1.29 is 41.8 Å². The number of hydrogen-bond donors (Lipinski definition) is 4. The second-order valence-electron chi connectivity index (χ2n) is 9.64. The lowest BCUT2D eigenvalue weighted by Crippen LogP contribution is -2.48. The van der Waals surface area contributed by atoms with E-state index < -0.39 is 62.2 Å². The number of alkyl halides is 3. The number of nitrogens with two attached hydrogens (primary N) is 1. The second kappa shape index (κ2) is 12.6. The molecule has 1 unspecified atom stereocenters. The Morgan fingerprint density at radius 2 is 1.98 bits per heavy atom. The van der Waals surface area contributed by atoms with Gasteiger partial charge in [0.05, 0.1) is 19.0 Å². The fraction of sp³-hybridized carbons (Fsp3) is 0.500. The summed E-state index contributed by atoms with van der Waals surface area (Å²) in [5.74, 6) is -0.582. The van der Waals surface area contributed by atoms with Gasteiger partial charge in [0.25, 0.3) is 6.43 Å². The number of nitrogens with one attached hydrogen (secondary N) is 2. The van der Waals surface area contributed by atoms with Gasteiger partial charge in [0.1, 0.15) is 24.0 Å². The van der Waals surface area contributed by atoms with Gasteiger partial charge in [0, 0.05) is 7.05 Å². The molecule has 14 nitrogen and oxygen atoms in total. The summed E-state index contributed by atoms with van der Waals surface area (Å²) in [6.07, 6.45) is -7.94. The average molecular weight is 634 g/mol. The number of benzene rings is 1. The summed E-state index contributed by atoms with van der Waals surface area (Å²) in [6, 6.07) is 6.73. The first-order valence-electron chi connectivity index (χ1n) is 12.7. The van der Waals surface area contributed by atoms with Crippen LogP contribution in [0.1, 0.15) is 27.0 Å². The molecule has 4 rings (SSSR count). The maximum atomic E-state index is 14.5. The van der Waals surface area contributed by atoms with Gasteiger partial charge in [0.15, 0.2) is 28.1 Å². The molecule has 1 aromatic carbocycles. The number of rotatable bonds is 12. The molecule has 0 aliphatic carbocycles. The van der Waals surface area contributed by atoms with Crippen LogP contribution in [0.4, 0.5) is 20.5 Å². The van der Waals surface area contributed by atoms with Crippen molar-refractivity contribution in [3.05, 3.63) is 36.7 Å². The molecule has 18 heteroatoms. The molecule has 3 heterocycles. The first-order chi connectivity index (χ1) is 19.8. The van der Waals surface area contributed by atoms with Crippen LogP contribution in [-0.2, 0) is 23.4 Å². The number of aliphatic hydroxyl groups excluding tert-OH is 1. The molecule has 5 N–H and O–H groups in total. The number of esters is 1. The molecule has 1 aliphatic heterocycles. The molecule has 1 aliphatic rings. The monoisotopic (exact) mass is 633 g/mol. The van der Waals surface area contributed by atoms with Crippen molar-refractivity contribution in [2.45, 2.75) is 62.7 Å². The number of carbonyl (C=O) groups excluding carboxylic acids is 1. The van der Waals surface area contributed by atoms with E-state index in [0.29, 0.717) is 0 Å². The third kappa shape index (κ3) is 6.43. The smallest absolute Gasteiger partial charge is 0.459 e. The van der Waals surface area contributed by atoms with Gasteiger partial charge in [-0.25, -0.2) is 18.3 Å². The molecule has 0 spiro atoms. The minimum absolute atomic E-state index is 0.00790. The number of anilines is 2. The molecule has 230 valence electrons. The third-order valence-corrected chi connectivity index (χ3v) is 8.40. The zero-order valence-electron chi connectivity index (χ0n) is 23.0. The van der Waals surface area contributed by atoms with Gasteiger partial charge < -0.3 is 30.2 Å². The summed E-state index contributed by atoms with van der Waals surface area (Å²) < 4.78 is 65.9. The Kier molecular flexibility index (Phi) is 9.55. The topological polar surface area (TPSA) is 185 Å². The summed E-state index contributed by atoms with van der Waals surface area (Å²) in [5, 5.41) is 16.2. The number of fused-ring (bicyclic) bond motifs is 1. The van der Waals surface area contributed by atoms with Crippen molar-refractivity contribution >= 4 is 48.2 Å². The predicted molar refractivity (Wildman–Crippen MR) is 148 cm³/mol. The Morgan fingerprint density at radius 3 is 2.60 bits per heavy atom. The molecule has 0 bridgehead atoms. The van der Waals surface area contributed by atoms with Gasteiger partial charge in [-0.3, -0.25) is 13.9 Å². The summed E-state index contributed by atoms with van der Waals surface area (Å²) in [7, 11) is -2.86. The van der Waals surface area contributed by atoms with E-state index in [1.807, 2.05) is 0 Å². The first-order valence-corrected chi connectivity index (χ1v) is 14.7. The molecule has 6 atom stereocenters. The zero-order chi connectivity index (χ0) is 30.8. The lowest BCUT2D eigenvalue weighted by molar-refractivity contribution is -0.149. The third-order valence-electron chi connectivity index (χ3n) is 6.19. The van der Waals surface area contributed by atoms with Crippen molar-refractivity contribution in [1.82, 2.24) is 24.6 Å². The number of halogens is 3. The molecular formula is C24H31ClF2N7O7P. The van der Waals surface area contributed by atoms with Crippen LogP contribution in [0.5, 0.6) is 5.75 Å². The van der Waals surface area contributed by atoms with Crippen LogP contribution in [0.3, 0.4) is 0 Å². The van der Waals surface area contributed by atoms with E-state index in [2.05, 4.69) is 25.4 Å². The molecule has 2 aromatic heterocycles. The molecule has 42 heavy (non-hydrogen) atoms. The number of aliphatic hydroxyl groups is 1. The Morgan fingerprint density at radius 1 is 1.29 bits per heavy atom. The van der Waals surface area contributed by atoms with Gasteiger partial charge in [-0.05, 0) is 32.9 Å². The number of ether oxygens (including phenoxy) is 2. The Balaban J connectivity index is 1.62. The Bertz CT molecular complexity index is 1450. The number of hydrogen-bond acceptors (Lipinski definition) is 12. The second-order valence-corrected chi connectivity index (χ2v) is 12.0. The minimum Gasteiger partial charge on any atom is -0.462 e. The lowest BCUT2D eigenvalue weighted by atomic mass is 9.99. The van der Waals surface area contributed by atoms with E-state index in [1.54, 1.807) is 39.1 Å². The number of nitrogens with zero attached hydrogens (tertiary/aromatic N) is 4. The zero-order valence-corrected chi connectivity index (χ0v) is 24.6. The van der Waals surface area contributed by atoms with Crippen LogP contribution < -0.4 is 20.7 Å². The molecule has 0 radical (unpaired) electrons. The van der Waals surface area contributed by atoms with E-state index in [-0.39, 0.29) is 28.7 Å². The summed E-state index contributed by atoms with van der Waals surface area (Å²) >= 11 is 6.38. The number of para-hydroxylation sites is 1. The molecule has 3 aromatic rings. The summed E-state index contributed by atoms with van der Waals surface area (Å²) in [6.45, 7) is 3.92. The van der Waals surface area contributed by atoms with Crippen molar-refractivity contribution in [1.29, 1.82) is 0 Å². The summed E-state index contributed by atoms with van der Waals surface area (Å²) in [5.41, 5.74) is 5.97. The first kappa shape index (κ1) is 31.8. The van der Waals surface area contributed by atoms with E-state index >= 15 is 0 Å². The number of nitrogen functional groups attached to an aromatic ring is 1. The van der Waals surface area contributed by atoms with E-state index in [0.717, 1.165) is 10.9 Å². The highest BCUT2D eigenvalue weighted by Crippen LogP contribution is 2.51. The lowest BCUT2D eigenvalue weighted by Gasteiger charge is -2.29. The molecule has 1 fully saturated rings. The minimum atomic E-state index is -4.41. The van der Waals surface area contributed by atoms with Crippen LogP contribution in [0.15, 0.2) is 36.7 Å². The maximum absolute atomic E-state index is 14.5. The largest absolute Gasteiger partial charge is 0.462 e. The fourth-order valence-electron chi connectivity index (χ4n) is 4.21. The van der Waals surface area contributed by atoms with Gasteiger partial charge in [-0.2, -0.15) is 15.1 Å². The van der Waals surface area contributed by atoms with Crippen molar-refractivity contribution in [2.24, 2.45) is 0 Å². The van der Waals surface area contributed by atoms with E-state index in [1.165, 1.54) is 19.1 Å². The number of carbonyl (C=O) groups is 1.